The van der Waals surface area contributed by atoms with Crippen molar-refractivity contribution in [3.63, 3.8) is 0 Å². The van der Waals surface area contributed by atoms with E-state index in [0.717, 1.165) is 116 Å². The lowest BCUT2D eigenvalue weighted by Gasteiger charge is -2.13. The highest BCUT2D eigenvalue weighted by Crippen LogP contribution is 2.43. The van der Waals surface area contributed by atoms with E-state index in [2.05, 4.69) is 176 Å². The molecule has 0 atom stereocenters. The van der Waals surface area contributed by atoms with E-state index in [0.29, 0.717) is 5.82 Å². The lowest BCUT2D eigenvalue weighted by molar-refractivity contribution is 0.668. The standard InChI is InChI=1S/C58H36N2O2/c1-4-14-37(15-5-1)43-32-44(38-16-6-2-7-17-38)34-45(33-43)52-36-51(59-58(60-52)41-18-8-3-9-19-41)40-26-24-39(25-27-40)46-29-30-47(57-56(46)49-21-11-13-23-54(49)62-57)42-28-31-55-50(35-42)48-20-10-12-22-53(48)61-55/h1-36H. The van der Waals surface area contributed by atoms with E-state index in [1.54, 1.807) is 0 Å². The normalized spacial score (nSPS) is 11.5. The fraction of sp³-hybridized carbons (Fsp3) is 0. The molecule has 9 aromatic carbocycles. The van der Waals surface area contributed by atoms with E-state index < -0.39 is 0 Å². The Morgan fingerprint density at radius 1 is 0.274 bits per heavy atom. The molecule has 3 heterocycles. The van der Waals surface area contributed by atoms with Gasteiger partial charge in [-0.25, -0.2) is 9.97 Å². The molecule has 0 amide bonds. The summed E-state index contributed by atoms with van der Waals surface area (Å²) in [7, 11) is 0. The van der Waals surface area contributed by atoms with Gasteiger partial charge in [0.05, 0.1) is 11.4 Å². The number of aromatic nitrogens is 2. The summed E-state index contributed by atoms with van der Waals surface area (Å²) in [4.78, 5) is 10.4. The third kappa shape index (κ3) is 6.25. The first-order chi connectivity index (χ1) is 30.7. The average molecular weight is 793 g/mol. The molecular weight excluding hydrogens is 757 g/mol. The van der Waals surface area contributed by atoms with Gasteiger partial charge in [-0.2, -0.15) is 0 Å². The smallest absolute Gasteiger partial charge is 0.160 e. The van der Waals surface area contributed by atoms with Gasteiger partial charge in [0.25, 0.3) is 0 Å². The highest BCUT2D eigenvalue weighted by molar-refractivity contribution is 6.17. The molecule has 4 heteroatoms. The summed E-state index contributed by atoms with van der Waals surface area (Å²) >= 11 is 0. The third-order valence-electron chi connectivity index (χ3n) is 11.9. The van der Waals surface area contributed by atoms with Crippen LogP contribution in [0.5, 0.6) is 0 Å². The summed E-state index contributed by atoms with van der Waals surface area (Å²) in [6.45, 7) is 0. The van der Waals surface area contributed by atoms with Crippen LogP contribution in [0.1, 0.15) is 0 Å². The van der Waals surface area contributed by atoms with Crippen molar-refractivity contribution in [2.45, 2.75) is 0 Å². The molecule has 0 aliphatic rings. The summed E-state index contributed by atoms with van der Waals surface area (Å²) in [6.07, 6.45) is 0. The minimum atomic E-state index is 0.678. The lowest BCUT2D eigenvalue weighted by atomic mass is 9.93. The molecule has 0 radical (unpaired) electrons. The molecule has 12 aromatic rings. The van der Waals surface area contributed by atoms with Crippen LogP contribution in [0, 0.1) is 0 Å². The van der Waals surface area contributed by atoms with Crippen molar-refractivity contribution in [2.75, 3.05) is 0 Å². The SMILES string of the molecule is c1ccc(-c2cc(-c3ccccc3)cc(-c3cc(-c4ccc(-c5ccc(-c6ccc7oc8ccccc8c7c6)c6oc7ccccc7c56)cc4)nc(-c4ccccc4)n3)c2)cc1. The number of rotatable bonds is 7. The summed E-state index contributed by atoms with van der Waals surface area (Å²) in [6, 6.07) is 76.3. The molecule has 290 valence electrons. The average Bonchev–Trinajstić information content (AvgIpc) is 3.93. The Balaban J connectivity index is 0.982. The van der Waals surface area contributed by atoms with Crippen LogP contribution in [0.15, 0.2) is 227 Å². The van der Waals surface area contributed by atoms with E-state index in [9.17, 15) is 0 Å². The maximum atomic E-state index is 6.72. The summed E-state index contributed by atoms with van der Waals surface area (Å²) in [5.74, 6) is 0.678. The molecule has 4 nitrogen and oxygen atoms in total. The van der Waals surface area contributed by atoms with Gasteiger partial charge in [0, 0.05) is 43.8 Å². The predicted molar refractivity (Wildman–Crippen MR) is 255 cm³/mol. The molecule has 3 aromatic heterocycles. The Morgan fingerprint density at radius 2 is 0.774 bits per heavy atom. The zero-order valence-corrected chi connectivity index (χ0v) is 33.5. The van der Waals surface area contributed by atoms with Crippen LogP contribution in [0.4, 0.5) is 0 Å². The topological polar surface area (TPSA) is 52.1 Å². The molecule has 0 bridgehead atoms. The van der Waals surface area contributed by atoms with Crippen molar-refractivity contribution in [3.8, 4) is 78.4 Å². The minimum absolute atomic E-state index is 0.678. The van der Waals surface area contributed by atoms with Gasteiger partial charge in [-0.1, -0.05) is 164 Å². The Kier molecular flexibility index (Phi) is 8.46. The van der Waals surface area contributed by atoms with Crippen molar-refractivity contribution in [2.24, 2.45) is 0 Å². The van der Waals surface area contributed by atoms with Crippen molar-refractivity contribution in [1.29, 1.82) is 0 Å². The first-order valence-electron chi connectivity index (χ1n) is 20.9. The van der Waals surface area contributed by atoms with E-state index in [-0.39, 0.29) is 0 Å². The van der Waals surface area contributed by atoms with Gasteiger partial charge in [0.1, 0.15) is 22.3 Å². The maximum Gasteiger partial charge on any atom is 0.160 e. The maximum absolute atomic E-state index is 6.72. The molecule has 0 aliphatic heterocycles. The number of benzene rings is 9. The van der Waals surface area contributed by atoms with Crippen LogP contribution in [0.2, 0.25) is 0 Å². The zero-order chi connectivity index (χ0) is 41.0. The van der Waals surface area contributed by atoms with Gasteiger partial charge >= 0.3 is 0 Å². The number of para-hydroxylation sites is 2. The molecule has 0 spiro atoms. The molecule has 0 N–H and O–H groups in total. The Bertz CT molecular complexity index is 3550. The van der Waals surface area contributed by atoms with Gasteiger partial charge in [-0.3, -0.25) is 0 Å². The number of fused-ring (bicyclic) bond motifs is 6. The monoisotopic (exact) mass is 792 g/mol. The molecule has 12 rings (SSSR count). The lowest BCUT2D eigenvalue weighted by Crippen LogP contribution is -1.96. The summed E-state index contributed by atoms with van der Waals surface area (Å²) < 4.78 is 12.9. The molecule has 0 saturated heterocycles. The van der Waals surface area contributed by atoms with E-state index in [4.69, 9.17) is 18.8 Å². The van der Waals surface area contributed by atoms with Gasteiger partial charge in [-0.15, -0.1) is 0 Å². The van der Waals surface area contributed by atoms with Crippen molar-refractivity contribution >= 4 is 43.9 Å². The van der Waals surface area contributed by atoms with Crippen LogP contribution >= 0.6 is 0 Å². The number of hydrogen-bond acceptors (Lipinski definition) is 4. The van der Waals surface area contributed by atoms with Gasteiger partial charge in [0.2, 0.25) is 0 Å². The molecule has 0 fully saturated rings. The Labute approximate surface area is 358 Å². The molecule has 0 saturated carbocycles. The highest BCUT2D eigenvalue weighted by atomic mass is 16.3. The number of hydrogen-bond donors (Lipinski definition) is 0. The predicted octanol–water partition coefficient (Wildman–Crippen LogP) is 15.9. The van der Waals surface area contributed by atoms with Gasteiger partial charge < -0.3 is 8.83 Å². The van der Waals surface area contributed by atoms with Gasteiger partial charge in [0.15, 0.2) is 5.82 Å². The number of nitrogens with zero attached hydrogens (tertiary/aromatic N) is 2. The Hall–Kier alpha value is -8.34. The second-order valence-electron chi connectivity index (χ2n) is 15.7. The molecule has 62 heavy (non-hydrogen) atoms. The van der Waals surface area contributed by atoms with Crippen LogP contribution < -0.4 is 0 Å². The van der Waals surface area contributed by atoms with Crippen LogP contribution in [0.25, 0.3) is 122 Å². The van der Waals surface area contributed by atoms with Crippen LogP contribution in [0.3, 0.4) is 0 Å². The van der Waals surface area contributed by atoms with Crippen LogP contribution in [-0.4, -0.2) is 9.97 Å². The quantitative estimate of drug-likeness (QED) is 0.161. The fourth-order valence-corrected chi connectivity index (χ4v) is 8.84. The number of furan rings is 2. The first kappa shape index (κ1) is 35.6. The third-order valence-corrected chi connectivity index (χ3v) is 11.9. The second-order valence-corrected chi connectivity index (χ2v) is 15.7. The Morgan fingerprint density at radius 3 is 1.45 bits per heavy atom. The highest BCUT2D eigenvalue weighted by Gasteiger charge is 2.19. The van der Waals surface area contributed by atoms with Crippen molar-refractivity contribution in [1.82, 2.24) is 9.97 Å². The minimum Gasteiger partial charge on any atom is -0.456 e. The van der Waals surface area contributed by atoms with E-state index in [1.807, 2.05) is 42.5 Å². The molecule has 0 unspecified atom stereocenters. The van der Waals surface area contributed by atoms with Crippen molar-refractivity contribution < 1.29 is 8.83 Å². The fourth-order valence-electron chi connectivity index (χ4n) is 8.84. The van der Waals surface area contributed by atoms with E-state index >= 15 is 0 Å². The van der Waals surface area contributed by atoms with E-state index in [1.165, 1.54) is 0 Å². The summed E-state index contributed by atoms with van der Waals surface area (Å²) in [5.41, 5.74) is 17.1. The van der Waals surface area contributed by atoms with Crippen LogP contribution in [-0.2, 0) is 0 Å². The largest absolute Gasteiger partial charge is 0.456 e. The van der Waals surface area contributed by atoms with Crippen molar-refractivity contribution in [3.05, 3.63) is 218 Å². The first-order valence-corrected chi connectivity index (χ1v) is 20.9. The second kappa shape index (κ2) is 14.7. The molecule has 0 aliphatic carbocycles. The molecular formula is C58H36N2O2. The van der Waals surface area contributed by atoms with Gasteiger partial charge in [-0.05, 0) is 93.5 Å². The summed E-state index contributed by atoms with van der Waals surface area (Å²) in [5, 5.41) is 4.36. The zero-order valence-electron chi connectivity index (χ0n) is 33.5.